The molecular weight excluding hydrogens is 378 g/mol. The number of pyridine rings is 1. The maximum Gasteiger partial charge on any atom is 0.136 e. The second-order valence-electron chi connectivity index (χ2n) is 7.96. The van der Waals surface area contributed by atoms with Gasteiger partial charge in [-0.15, -0.1) is 11.3 Å². The van der Waals surface area contributed by atoms with Crippen molar-refractivity contribution in [3.8, 4) is 0 Å². The van der Waals surface area contributed by atoms with Crippen LogP contribution in [0, 0.1) is 6.92 Å². The smallest absolute Gasteiger partial charge is 0.136 e. The van der Waals surface area contributed by atoms with Crippen LogP contribution in [0.5, 0.6) is 0 Å². The number of rotatable bonds is 7. The number of aryl methyl sites for hydroxylation is 1. The van der Waals surface area contributed by atoms with Crippen LogP contribution >= 0.6 is 11.3 Å². The Balaban J connectivity index is 1.39. The van der Waals surface area contributed by atoms with Gasteiger partial charge in [0.25, 0.3) is 0 Å². The number of thiazole rings is 1. The highest BCUT2D eigenvalue weighted by Gasteiger charge is 2.27. The molecule has 29 heavy (non-hydrogen) atoms. The number of benzene rings is 1. The van der Waals surface area contributed by atoms with Gasteiger partial charge in [-0.05, 0) is 62.4 Å². The number of hydrogen-bond acceptors (Lipinski definition) is 5. The van der Waals surface area contributed by atoms with Crippen LogP contribution in [0.3, 0.4) is 0 Å². The van der Waals surface area contributed by atoms with E-state index in [0.29, 0.717) is 12.5 Å². The number of aromatic nitrogens is 2. The molecule has 3 heterocycles. The summed E-state index contributed by atoms with van der Waals surface area (Å²) in [5, 5.41) is 0.939. The molecule has 1 atom stereocenters. The molecule has 0 bridgehead atoms. The van der Waals surface area contributed by atoms with Gasteiger partial charge in [-0.2, -0.15) is 0 Å². The normalized spacial score (nSPS) is 17.0. The lowest BCUT2D eigenvalue weighted by Gasteiger charge is -2.23. The third-order valence-corrected chi connectivity index (χ3v) is 6.55. The van der Waals surface area contributed by atoms with E-state index in [2.05, 4.69) is 51.3 Å². The van der Waals surface area contributed by atoms with Crippen LogP contribution in [0.4, 0.5) is 0 Å². The fourth-order valence-electron chi connectivity index (χ4n) is 3.95. The Labute approximate surface area is 176 Å². The van der Waals surface area contributed by atoms with Crippen LogP contribution in [0.2, 0.25) is 0 Å². The van der Waals surface area contributed by atoms with E-state index in [0.717, 1.165) is 30.2 Å². The molecule has 0 amide bonds. The molecule has 0 aliphatic carbocycles. The highest BCUT2D eigenvalue weighted by molar-refractivity contribution is 7.11. The molecule has 0 N–H and O–H groups in total. The second kappa shape index (κ2) is 8.97. The number of hydrogen-bond donors (Lipinski definition) is 0. The summed E-state index contributed by atoms with van der Waals surface area (Å²) in [6.07, 6.45) is 7.69. The molecule has 0 unspecified atom stereocenters. The molecule has 0 radical (unpaired) electrons. The fourth-order valence-corrected chi connectivity index (χ4v) is 5.11. The molecular formula is C24H27N3OS. The highest BCUT2D eigenvalue weighted by atomic mass is 32.1. The standard InChI is InChI=1S/C24H27N3OS/c1-17-5-6-21(14-25-17)13-19-7-9-20(10-8-19)16-27-11-3-4-22(27)23-15-26-24(29-23)12-18(2)28/h5-10,14-15,22H,3-4,11-13,16H2,1-2H3/t22-/m1/s1. The van der Waals surface area contributed by atoms with Crippen molar-refractivity contribution >= 4 is 17.1 Å². The second-order valence-corrected chi connectivity index (χ2v) is 9.11. The van der Waals surface area contributed by atoms with Crippen molar-refractivity contribution in [1.29, 1.82) is 0 Å². The summed E-state index contributed by atoms with van der Waals surface area (Å²) in [6.45, 7) is 5.71. The molecule has 1 aromatic carbocycles. The predicted molar refractivity (Wildman–Crippen MR) is 117 cm³/mol. The largest absolute Gasteiger partial charge is 0.300 e. The molecule has 1 aliphatic heterocycles. The first-order valence-corrected chi connectivity index (χ1v) is 11.1. The Morgan fingerprint density at radius 1 is 1.07 bits per heavy atom. The number of nitrogens with zero attached hydrogens (tertiary/aromatic N) is 3. The van der Waals surface area contributed by atoms with Gasteiger partial charge in [-0.3, -0.25) is 14.7 Å². The van der Waals surface area contributed by atoms with E-state index in [1.807, 2.05) is 19.3 Å². The van der Waals surface area contributed by atoms with Crippen molar-refractivity contribution in [2.75, 3.05) is 6.54 Å². The predicted octanol–water partition coefficient (Wildman–Crippen LogP) is 4.91. The summed E-state index contributed by atoms with van der Waals surface area (Å²) in [7, 11) is 0. The van der Waals surface area contributed by atoms with Crippen molar-refractivity contribution in [3.05, 3.63) is 81.1 Å². The lowest BCUT2D eigenvalue weighted by Crippen LogP contribution is -2.22. The first-order chi connectivity index (χ1) is 14.1. The summed E-state index contributed by atoms with van der Waals surface area (Å²) in [4.78, 5) is 24.1. The van der Waals surface area contributed by atoms with E-state index < -0.39 is 0 Å². The molecule has 150 valence electrons. The molecule has 1 saturated heterocycles. The van der Waals surface area contributed by atoms with E-state index in [1.54, 1.807) is 18.3 Å². The molecule has 4 rings (SSSR count). The Kier molecular flexibility index (Phi) is 6.16. The summed E-state index contributed by atoms with van der Waals surface area (Å²) in [6, 6.07) is 13.6. The lowest BCUT2D eigenvalue weighted by molar-refractivity contribution is -0.116. The summed E-state index contributed by atoms with van der Waals surface area (Å²) >= 11 is 1.70. The average Bonchev–Trinajstić information content (AvgIpc) is 3.34. The van der Waals surface area contributed by atoms with Crippen LogP contribution in [-0.2, 0) is 24.2 Å². The first-order valence-electron chi connectivity index (χ1n) is 10.2. The van der Waals surface area contributed by atoms with Gasteiger partial charge in [0.15, 0.2) is 0 Å². The maximum atomic E-state index is 11.4. The molecule has 1 aliphatic rings. The van der Waals surface area contributed by atoms with Gasteiger partial charge in [-0.25, -0.2) is 4.98 Å². The van der Waals surface area contributed by atoms with E-state index in [-0.39, 0.29) is 5.78 Å². The van der Waals surface area contributed by atoms with Crippen LogP contribution in [0.25, 0.3) is 0 Å². The Morgan fingerprint density at radius 3 is 2.55 bits per heavy atom. The third-order valence-electron chi connectivity index (χ3n) is 5.45. The van der Waals surface area contributed by atoms with E-state index in [9.17, 15) is 4.79 Å². The van der Waals surface area contributed by atoms with Gasteiger partial charge in [-0.1, -0.05) is 30.3 Å². The molecule has 0 saturated carbocycles. The summed E-state index contributed by atoms with van der Waals surface area (Å²) < 4.78 is 0. The van der Waals surface area contributed by atoms with Gasteiger partial charge in [0.1, 0.15) is 10.8 Å². The average molecular weight is 406 g/mol. The minimum Gasteiger partial charge on any atom is -0.300 e. The third kappa shape index (κ3) is 5.17. The van der Waals surface area contributed by atoms with Gasteiger partial charge in [0, 0.05) is 35.6 Å². The minimum atomic E-state index is 0.177. The van der Waals surface area contributed by atoms with Crippen LogP contribution in [0.15, 0.2) is 48.8 Å². The molecule has 4 nitrogen and oxygen atoms in total. The van der Waals surface area contributed by atoms with Crippen LogP contribution < -0.4 is 0 Å². The van der Waals surface area contributed by atoms with Crippen molar-refractivity contribution in [1.82, 2.24) is 14.9 Å². The molecule has 3 aromatic rings. The van der Waals surface area contributed by atoms with E-state index >= 15 is 0 Å². The lowest BCUT2D eigenvalue weighted by atomic mass is 10.0. The molecule has 0 spiro atoms. The van der Waals surface area contributed by atoms with Gasteiger partial charge in [0.2, 0.25) is 0 Å². The van der Waals surface area contributed by atoms with Crippen molar-refractivity contribution in [3.63, 3.8) is 0 Å². The van der Waals surface area contributed by atoms with Crippen LogP contribution in [0.1, 0.15) is 58.1 Å². The van der Waals surface area contributed by atoms with Crippen molar-refractivity contribution < 1.29 is 4.79 Å². The zero-order chi connectivity index (χ0) is 20.2. The fraction of sp³-hybridized carbons (Fsp3) is 0.375. The van der Waals surface area contributed by atoms with Crippen molar-refractivity contribution in [2.24, 2.45) is 0 Å². The summed E-state index contributed by atoms with van der Waals surface area (Å²) in [5.74, 6) is 0.177. The topological polar surface area (TPSA) is 46.1 Å². The zero-order valence-electron chi connectivity index (χ0n) is 17.1. The van der Waals surface area contributed by atoms with E-state index in [4.69, 9.17) is 0 Å². The number of carbonyl (C=O) groups is 1. The molecule has 1 fully saturated rings. The number of likely N-dealkylation sites (tertiary alicyclic amines) is 1. The first kappa shape index (κ1) is 19.9. The van der Waals surface area contributed by atoms with Gasteiger partial charge >= 0.3 is 0 Å². The Bertz CT molecular complexity index is 963. The zero-order valence-corrected chi connectivity index (χ0v) is 17.9. The maximum absolute atomic E-state index is 11.4. The Hall–Kier alpha value is -2.37. The summed E-state index contributed by atoms with van der Waals surface area (Å²) in [5.41, 5.74) is 4.96. The molecule has 2 aromatic heterocycles. The van der Waals surface area contributed by atoms with Crippen molar-refractivity contribution in [2.45, 2.75) is 52.1 Å². The quantitative estimate of drug-likeness (QED) is 0.560. The number of ketones is 1. The molecule has 5 heteroatoms. The van der Waals surface area contributed by atoms with Gasteiger partial charge in [0.05, 0.1) is 6.42 Å². The van der Waals surface area contributed by atoms with Gasteiger partial charge < -0.3 is 0 Å². The number of carbonyl (C=O) groups excluding carboxylic acids is 1. The van der Waals surface area contributed by atoms with Crippen LogP contribution in [-0.4, -0.2) is 27.2 Å². The van der Waals surface area contributed by atoms with E-state index in [1.165, 1.54) is 34.4 Å². The highest BCUT2D eigenvalue weighted by Crippen LogP contribution is 2.36. The SMILES string of the molecule is CC(=O)Cc1ncc([C@H]2CCCN2Cc2ccc(Cc3ccc(C)nc3)cc2)s1. The minimum absolute atomic E-state index is 0.177. The Morgan fingerprint density at radius 2 is 1.83 bits per heavy atom. The monoisotopic (exact) mass is 405 g/mol. The number of Topliss-reactive ketones (excluding diaryl/α,β-unsaturated/α-hetero) is 1.